The maximum atomic E-state index is 4.47. The first-order valence-corrected chi connectivity index (χ1v) is 10.1. The molecule has 0 N–H and O–H groups in total. The molecule has 0 unspecified atom stereocenters. The van der Waals surface area contributed by atoms with Crippen LogP contribution in [0.3, 0.4) is 0 Å². The largest absolute Gasteiger partial charge is 0.268 e. The van der Waals surface area contributed by atoms with Crippen LogP contribution in [-0.4, -0.2) is 40.3 Å². The molecule has 4 rings (SSSR count). The van der Waals surface area contributed by atoms with Crippen molar-refractivity contribution in [3.05, 3.63) is 66.4 Å². The van der Waals surface area contributed by atoms with Crippen molar-refractivity contribution in [3.63, 3.8) is 0 Å². The van der Waals surface area contributed by atoms with E-state index in [9.17, 15) is 0 Å². The van der Waals surface area contributed by atoms with E-state index in [-0.39, 0.29) is 0 Å². The molecule has 0 radical (unpaired) electrons. The molecule has 7 nitrogen and oxygen atoms in total. The minimum Gasteiger partial charge on any atom is -0.268 e. The van der Waals surface area contributed by atoms with Crippen LogP contribution < -0.4 is 0 Å². The SMILES string of the molecule is Cc1ccc(-n2c(SCCCn3cncn3)nnc2-c2ccccn2)c(C)c1. The summed E-state index contributed by atoms with van der Waals surface area (Å²) < 4.78 is 3.95. The number of rotatable bonds is 7. The van der Waals surface area contributed by atoms with Gasteiger partial charge in [0.15, 0.2) is 11.0 Å². The first-order valence-electron chi connectivity index (χ1n) is 9.12. The second-order valence-corrected chi connectivity index (χ2v) is 7.57. The van der Waals surface area contributed by atoms with Gasteiger partial charge in [0.1, 0.15) is 18.3 Å². The third kappa shape index (κ3) is 3.96. The third-order valence-electron chi connectivity index (χ3n) is 4.35. The second-order valence-electron chi connectivity index (χ2n) is 6.51. The van der Waals surface area contributed by atoms with Gasteiger partial charge in [0.2, 0.25) is 0 Å². The molecule has 0 fully saturated rings. The van der Waals surface area contributed by atoms with Gasteiger partial charge in [0.05, 0.1) is 5.69 Å². The summed E-state index contributed by atoms with van der Waals surface area (Å²) in [5.74, 6) is 1.66. The summed E-state index contributed by atoms with van der Waals surface area (Å²) in [7, 11) is 0. The van der Waals surface area contributed by atoms with Crippen LogP contribution in [0.4, 0.5) is 0 Å². The van der Waals surface area contributed by atoms with Crippen molar-refractivity contribution in [2.45, 2.75) is 32.0 Å². The van der Waals surface area contributed by atoms with Crippen LogP contribution in [0.15, 0.2) is 60.4 Å². The molecule has 0 atom stereocenters. The van der Waals surface area contributed by atoms with E-state index < -0.39 is 0 Å². The molecule has 3 aromatic heterocycles. The summed E-state index contributed by atoms with van der Waals surface area (Å²) in [6.45, 7) is 5.05. The molecule has 0 spiro atoms. The molecule has 4 aromatic rings. The molecule has 28 heavy (non-hydrogen) atoms. The number of benzene rings is 1. The molecular weight excluding hydrogens is 370 g/mol. The number of hydrogen-bond donors (Lipinski definition) is 0. The molecule has 0 saturated heterocycles. The molecule has 0 aliphatic heterocycles. The lowest BCUT2D eigenvalue weighted by Gasteiger charge is -2.13. The monoisotopic (exact) mass is 391 g/mol. The Bertz CT molecular complexity index is 1040. The van der Waals surface area contributed by atoms with Crippen LogP contribution in [0, 0.1) is 13.8 Å². The highest BCUT2D eigenvalue weighted by atomic mass is 32.2. The standard InChI is InChI=1S/C20H21N7S/c1-15-7-8-18(16(2)12-15)27-19(17-6-3-4-9-22-17)24-25-20(27)28-11-5-10-26-14-21-13-23-26/h3-4,6-9,12-14H,5,10-11H2,1-2H3. The molecule has 0 aliphatic carbocycles. The van der Waals surface area contributed by atoms with E-state index in [1.165, 1.54) is 11.1 Å². The van der Waals surface area contributed by atoms with E-state index in [0.717, 1.165) is 41.1 Å². The summed E-state index contributed by atoms with van der Waals surface area (Å²) in [5.41, 5.74) is 4.30. The lowest BCUT2D eigenvalue weighted by molar-refractivity contribution is 0.604. The summed E-state index contributed by atoms with van der Waals surface area (Å²) in [6, 6.07) is 12.2. The molecule has 8 heteroatoms. The van der Waals surface area contributed by atoms with Gasteiger partial charge in [-0.3, -0.25) is 14.2 Å². The zero-order valence-electron chi connectivity index (χ0n) is 15.9. The van der Waals surface area contributed by atoms with Crippen LogP contribution in [-0.2, 0) is 6.54 Å². The van der Waals surface area contributed by atoms with Gasteiger partial charge in [-0.2, -0.15) is 5.10 Å². The Labute approximate surface area is 167 Å². The Morgan fingerprint density at radius 1 is 1.07 bits per heavy atom. The first-order chi connectivity index (χ1) is 13.7. The fourth-order valence-electron chi connectivity index (χ4n) is 3.04. The quantitative estimate of drug-likeness (QED) is 0.353. The first kappa shape index (κ1) is 18.4. The van der Waals surface area contributed by atoms with Crippen molar-refractivity contribution in [3.8, 4) is 17.2 Å². The number of aryl methyl sites for hydroxylation is 3. The Hall–Kier alpha value is -3.00. The molecule has 0 saturated carbocycles. The molecule has 1 aromatic carbocycles. The Balaban J connectivity index is 1.63. The van der Waals surface area contributed by atoms with E-state index in [1.807, 2.05) is 22.9 Å². The van der Waals surface area contributed by atoms with Crippen molar-refractivity contribution >= 4 is 11.8 Å². The third-order valence-corrected chi connectivity index (χ3v) is 5.37. The molecule has 142 valence electrons. The highest BCUT2D eigenvalue weighted by Crippen LogP contribution is 2.29. The minimum atomic E-state index is 0.756. The summed E-state index contributed by atoms with van der Waals surface area (Å²) in [5, 5.41) is 13.9. The van der Waals surface area contributed by atoms with Crippen LogP contribution in [0.25, 0.3) is 17.2 Å². The predicted octanol–water partition coefficient (Wildman–Crippen LogP) is 3.72. The van der Waals surface area contributed by atoms with Gasteiger partial charge in [-0.25, -0.2) is 4.98 Å². The lowest BCUT2D eigenvalue weighted by Crippen LogP contribution is -2.04. The molecule has 0 bridgehead atoms. The van der Waals surface area contributed by atoms with Crippen LogP contribution >= 0.6 is 11.8 Å². The summed E-state index contributed by atoms with van der Waals surface area (Å²) in [4.78, 5) is 8.45. The Morgan fingerprint density at radius 2 is 2.00 bits per heavy atom. The van der Waals surface area contributed by atoms with Crippen LogP contribution in [0.2, 0.25) is 0 Å². The van der Waals surface area contributed by atoms with E-state index in [0.29, 0.717) is 0 Å². The average Bonchev–Trinajstić information content (AvgIpc) is 3.36. The van der Waals surface area contributed by atoms with Crippen molar-refractivity contribution in [1.82, 2.24) is 34.5 Å². The van der Waals surface area contributed by atoms with Crippen molar-refractivity contribution < 1.29 is 0 Å². The van der Waals surface area contributed by atoms with Gasteiger partial charge in [-0.15, -0.1) is 10.2 Å². The zero-order valence-corrected chi connectivity index (χ0v) is 16.7. The number of pyridine rings is 1. The van der Waals surface area contributed by atoms with Crippen LogP contribution in [0.5, 0.6) is 0 Å². The fourth-order valence-corrected chi connectivity index (χ4v) is 3.90. The lowest BCUT2D eigenvalue weighted by atomic mass is 10.1. The van der Waals surface area contributed by atoms with Gasteiger partial charge in [-0.1, -0.05) is 35.5 Å². The van der Waals surface area contributed by atoms with Crippen molar-refractivity contribution in [1.29, 1.82) is 0 Å². The predicted molar refractivity (Wildman–Crippen MR) is 109 cm³/mol. The van der Waals surface area contributed by atoms with Gasteiger partial charge < -0.3 is 0 Å². The Morgan fingerprint density at radius 3 is 2.75 bits per heavy atom. The van der Waals surface area contributed by atoms with E-state index in [1.54, 1.807) is 30.6 Å². The minimum absolute atomic E-state index is 0.756. The number of thioether (sulfide) groups is 1. The van der Waals surface area contributed by atoms with E-state index in [4.69, 9.17) is 0 Å². The number of aromatic nitrogens is 7. The molecular formula is C20H21N7S. The number of nitrogens with zero attached hydrogens (tertiary/aromatic N) is 7. The summed E-state index contributed by atoms with van der Waals surface area (Å²) >= 11 is 1.69. The van der Waals surface area contributed by atoms with Crippen molar-refractivity contribution in [2.24, 2.45) is 0 Å². The molecule has 0 aliphatic rings. The molecule has 3 heterocycles. The van der Waals surface area contributed by atoms with E-state index in [2.05, 4.69) is 61.9 Å². The summed E-state index contributed by atoms with van der Waals surface area (Å²) in [6.07, 6.45) is 6.04. The zero-order chi connectivity index (χ0) is 19.3. The fraction of sp³-hybridized carbons (Fsp3) is 0.250. The normalized spacial score (nSPS) is 11.1. The average molecular weight is 392 g/mol. The Kier molecular flexibility index (Phi) is 5.48. The smallest absolute Gasteiger partial charge is 0.196 e. The van der Waals surface area contributed by atoms with Crippen molar-refractivity contribution in [2.75, 3.05) is 5.75 Å². The van der Waals surface area contributed by atoms with Gasteiger partial charge in [0, 0.05) is 18.5 Å². The highest BCUT2D eigenvalue weighted by molar-refractivity contribution is 7.99. The maximum Gasteiger partial charge on any atom is 0.196 e. The number of hydrogen-bond acceptors (Lipinski definition) is 6. The topological polar surface area (TPSA) is 74.3 Å². The van der Waals surface area contributed by atoms with Gasteiger partial charge in [-0.05, 0) is 44.0 Å². The second kappa shape index (κ2) is 8.35. The molecule has 0 amide bonds. The van der Waals surface area contributed by atoms with Gasteiger partial charge in [0.25, 0.3) is 0 Å². The maximum absolute atomic E-state index is 4.47. The highest BCUT2D eigenvalue weighted by Gasteiger charge is 2.18. The van der Waals surface area contributed by atoms with Crippen LogP contribution in [0.1, 0.15) is 17.5 Å². The van der Waals surface area contributed by atoms with Gasteiger partial charge >= 0.3 is 0 Å². The van der Waals surface area contributed by atoms with E-state index >= 15 is 0 Å².